The predicted octanol–water partition coefficient (Wildman–Crippen LogP) is 2.50. The number of halogens is 1. The highest BCUT2D eigenvalue weighted by molar-refractivity contribution is 9.10. The van der Waals surface area contributed by atoms with Crippen LogP contribution in [-0.2, 0) is 6.42 Å². The van der Waals surface area contributed by atoms with Gasteiger partial charge in [-0.25, -0.2) is 14.3 Å². The largest absolute Gasteiger partial charge is 0.348 e. The molecule has 0 fully saturated rings. The lowest BCUT2D eigenvalue weighted by molar-refractivity contribution is 1.04. The number of hydrogen-bond donors (Lipinski definition) is 1. The molecule has 0 saturated heterocycles. The van der Waals surface area contributed by atoms with Gasteiger partial charge in [0, 0.05) is 9.86 Å². The van der Waals surface area contributed by atoms with Crippen LogP contribution in [-0.4, -0.2) is 14.6 Å². The van der Waals surface area contributed by atoms with Gasteiger partial charge in [-0.05, 0) is 30.2 Å². The first-order chi connectivity index (χ1) is 8.20. The molecule has 0 spiro atoms. The molecule has 0 aliphatic heterocycles. The van der Waals surface area contributed by atoms with Crippen LogP contribution >= 0.6 is 15.9 Å². The number of aromatic amines is 1. The Balaban J connectivity index is 2.64. The number of aryl methyl sites for hydroxylation is 1. The quantitative estimate of drug-likeness (QED) is 0.749. The van der Waals surface area contributed by atoms with Crippen molar-refractivity contribution in [3.8, 4) is 0 Å². The topological polar surface area (TPSA) is 50.2 Å². The number of nitrogens with one attached hydrogen (secondary N) is 1. The third kappa shape index (κ3) is 1.50. The maximum Gasteiger partial charge on any atom is 0.348 e. The van der Waals surface area contributed by atoms with Gasteiger partial charge in [0.25, 0.3) is 0 Å². The van der Waals surface area contributed by atoms with Crippen molar-refractivity contribution in [2.24, 2.45) is 0 Å². The lowest BCUT2D eigenvalue weighted by Crippen LogP contribution is -2.10. The van der Waals surface area contributed by atoms with Gasteiger partial charge < -0.3 is 0 Å². The van der Waals surface area contributed by atoms with Gasteiger partial charge in [-0.2, -0.15) is 5.10 Å². The Bertz CT molecular complexity index is 772. The van der Waals surface area contributed by atoms with Gasteiger partial charge in [0.15, 0.2) is 5.65 Å². The van der Waals surface area contributed by atoms with Gasteiger partial charge in [0.05, 0.1) is 5.52 Å². The minimum atomic E-state index is -0.203. The number of H-pyrrole nitrogens is 1. The van der Waals surface area contributed by atoms with Gasteiger partial charge in [-0.1, -0.05) is 28.9 Å². The Labute approximate surface area is 105 Å². The van der Waals surface area contributed by atoms with E-state index in [4.69, 9.17) is 0 Å². The molecule has 5 heteroatoms. The van der Waals surface area contributed by atoms with Gasteiger partial charge in [-0.3, -0.25) is 0 Å². The average Bonchev–Trinajstić information content (AvgIpc) is 2.70. The van der Waals surface area contributed by atoms with Crippen LogP contribution in [0, 0.1) is 0 Å². The molecule has 0 saturated carbocycles. The summed E-state index contributed by atoms with van der Waals surface area (Å²) in [5, 5.41) is 7.59. The summed E-state index contributed by atoms with van der Waals surface area (Å²) >= 11 is 3.43. The Morgan fingerprint density at radius 3 is 3.00 bits per heavy atom. The number of benzene rings is 1. The van der Waals surface area contributed by atoms with Crippen molar-refractivity contribution >= 4 is 32.5 Å². The third-order valence-electron chi connectivity index (χ3n) is 2.93. The number of rotatable bonds is 1. The molecule has 17 heavy (non-hydrogen) atoms. The monoisotopic (exact) mass is 291 g/mol. The van der Waals surface area contributed by atoms with Crippen LogP contribution in [0.3, 0.4) is 0 Å². The molecule has 1 aromatic carbocycles. The van der Waals surface area contributed by atoms with Gasteiger partial charge in [0.2, 0.25) is 0 Å². The summed E-state index contributed by atoms with van der Waals surface area (Å²) in [5.41, 5.74) is 2.54. The van der Waals surface area contributed by atoms with Crippen molar-refractivity contribution in [3.05, 3.63) is 44.8 Å². The molecule has 0 aliphatic rings. The molecule has 0 aliphatic carbocycles. The molecule has 1 N–H and O–H groups in total. The fourth-order valence-corrected chi connectivity index (χ4v) is 2.48. The Kier molecular flexibility index (Phi) is 2.29. The van der Waals surface area contributed by atoms with E-state index in [0.29, 0.717) is 5.65 Å². The minimum absolute atomic E-state index is 0.203. The fraction of sp³-hybridized carbons (Fsp3) is 0.167. The number of aromatic nitrogens is 3. The van der Waals surface area contributed by atoms with Crippen LogP contribution < -0.4 is 5.69 Å². The summed E-state index contributed by atoms with van der Waals surface area (Å²) in [5.74, 6) is 0. The summed E-state index contributed by atoms with van der Waals surface area (Å²) < 4.78 is 2.55. The molecular formula is C12H10BrN3O. The first kappa shape index (κ1) is 10.5. The second kappa shape index (κ2) is 3.70. The van der Waals surface area contributed by atoms with Crippen LogP contribution in [0.1, 0.15) is 12.5 Å². The SMILES string of the molecule is CCc1cc2n[nH]c(=O)n2c2cc(Br)ccc12. The fourth-order valence-electron chi connectivity index (χ4n) is 2.13. The van der Waals surface area contributed by atoms with Gasteiger partial charge >= 0.3 is 5.69 Å². The molecule has 86 valence electrons. The highest BCUT2D eigenvalue weighted by atomic mass is 79.9. The van der Waals surface area contributed by atoms with Crippen LogP contribution in [0.25, 0.3) is 16.6 Å². The van der Waals surface area contributed by atoms with E-state index in [2.05, 4.69) is 33.1 Å². The number of nitrogens with zero attached hydrogens (tertiary/aromatic N) is 2. The van der Waals surface area contributed by atoms with Crippen LogP contribution in [0.5, 0.6) is 0 Å². The normalized spacial score (nSPS) is 11.4. The molecule has 2 aromatic heterocycles. The van der Waals surface area contributed by atoms with E-state index in [-0.39, 0.29) is 5.69 Å². The maximum atomic E-state index is 11.7. The van der Waals surface area contributed by atoms with Crippen LogP contribution in [0.2, 0.25) is 0 Å². The third-order valence-corrected chi connectivity index (χ3v) is 3.42. The second-order valence-electron chi connectivity index (χ2n) is 3.91. The molecule has 0 atom stereocenters. The zero-order valence-corrected chi connectivity index (χ0v) is 10.8. The second-order valence-corrected chi connectivity index (χ2v) is 4.82. The van der Waals surface area contributed by atoms with Crippen LogP contribution in [0.15, 0.2) is 33.5 Å². The van der Waals surface area contributed by atoms with Crippen molar-refractivity contribution in [1.82, 2.24) is 14.6 Å². The molecule has 0 radical (unpaired) electrons. The number of fused-ring (bicyclic) bond motifs is 3. The first-order valence-corrected chi connectivity index (χ1v) is 6.18. The van der Waals surface area contributed by atoms with Gasteiger partial charge in [-0.15, -0.1) is 0 Å². The Morgan fingerprint density at radius 1 is 1.41 bits per heavy atom. The number of pyridine rings is 1. The predicted molar refractivity (Wildman–Crippen MR) is 70.4 cm³/mol. The van der Waals surface area contributed by atoms with Crippen molar-refractivity contribution in [3.63, 3.8) is 0 Å². The highest BCUT2D eigenvalue weighted by Gasteiger charge is 2.09. The van der Waals surface area contributed by atoms with Crippen molar-refractivity contribution in [2.45, 2.75) is 13.3 Å². The summed E-state index contributed by atoms with van der Waals surface area (Å²) in [6.07, 6.45) is 0.912. The minimum Gasteiger partial charge on any atom is -0.246 e. The molecule has 0 bridgehead atoms. The summed E-state index contributed by atoms with van der Waals surface area (Å²) in [6, 6.07) is 7.90. The van der Waals surface area contributed by atoms with E-state index in [1.54, 1.807) is 4.40 Å². The highest BCUT2D eigenvalue weighted by Crippen LogP contribution is 2.23. The van der Waals surface area contributed by atoms with Crippen molar-refractivity contribution in [1.29, 1.82) is 0 Å². The molecule has 0 amide bonds. The van der Waals surface area contributed by atoms with Crippen LogP contribution in [0.4, 0.5) is 0 Å². The smallest absolute Gasteiger partial charge is 0.246 e. The van der Waals surface area contributed by atoms with E-state index >= 15 is 0 Å². The van der Waals surface area contributed by atoms with E-state index in [0.717, 1.165) is 21.8 Å². The van der Waals surface area contributed by atoms with Crippen molar-refractivity contribution < 1.29 is 0 Å². The van der Waals surface area contributed by atoms with Crippen molar-refractivity contribution in [2.75, 3.05) is 0 Å². The molecule has 4 nitrogen and oxygen atoms in total. The summed E-state index contributed by atoms with van der Waals surface area (Å²) in [6.45, 7) is 2.10. The summed E-state index contributed by atoms with van der Waals surface area (Å²) in [4.78, 5) is 11.7. The molecule has 2 heterocycles. The van der Waals surface area contributed by atoms with E-state index < -0.39 is 0 Å². The average molecular weight is 292 g/mol. The lowest BCUT2D eigenvalue weighted by atomic mass is 10.1. The standard InChI is InChI=1S/C12H10BrN3O/c1-2-7-5-11-14-15-12(17)16(11)10-6-8(13)3-4-9(7)10/h3-6H,2H2,1H3,(H,15,17). The summed E-state index contributed by atoms with van der Waals surface area (Å²) in [7, 11) is 0. The number of hydrogen-bond acceptors (Lipinski definition) is 2. The maximum absolute atomic E-state index is 11.7. The van der Waals surface area contributed by atoms with Gasteiger partial charge in [0.1, 0.15) is 0 Å². The first-order valence-electron chi connectivity index (χ1n) is 5.39. The Morgan fingerprint density at radius 2 is 2.24 bits per heavy atom. The molecule has 3 aromatic rings. The molecule has 0 unspecified atom stereocenters. The van der Waals surface area contributed by atoms with E-state index in [1.165, 1.54) is 5.56 Å². The van der Waals surface area contributed by atoms with E-state index in [1.807, 2.05) is 24.3 Å². The lowest BCUT2D eigenvalue weighted by Gasteiger charge is -2.06. The van der Waals surface area contributed by atoms with E-state index in [9.17, 15) is 4.79 Å². The Hall–Kier alpha value is -1.62. The molecule has 3 rings (SSSR count). The molecular weight excluding hydrogens is 282 g/mol. The zero-order chi connectivity index (χ0) is 12.0. The zero-order valence-electron chi connectivity index (χ0n) is 9.20.